The normalized spacial score (nSPS) is 21.3. The third kappa shape index (κ3) is 2.33. The Labute approximate surface area is 156 Å². The third-order valence-corrected chi connectivity index (χ3v) is 4.81. The quantitative estimate of drug-likeness (QED) is 0.621. The van der Waals surface area contributed by atoms with Crippen LogP contribution < -0.4 is 10.6 Å². The molecule has 8 heteroatoms. The maximum atomic E-state index is 13.1. The number of anilines is 1. The minimum Gasteiger partial charge on any atom is -0.466 e. The van der Waals surface area contributed by atoms with Crippen molar-refractivity contribution < 1.29 is 28.6 Å². The van der Waals surface area contributed by atoms with Gasteiger partial charge in [0.2, 0.25) is 0 Å². The van der Waals surface area contributed by atoms with Gasteiger partial charge in [0.05, 0.1) is 13.7 Å². The summed E-state index contributed by atoms with van der Waals surface area (Å²) >= 11 is 0. The first kappa shape index (κ1) is 18.5. The maximum absolute atomic E-state index is 13.1. The highest BCUT2D eigenvalue weighted by Gasteiger charge is 2.63. The number of hydrogen-bond donors (Lipinski definition) is 1. The Hall–Kier alpha value is -3.29. The topological polar surface area (TPSA) is 108 Å². The number of hydrogen-bond acceptors (Lipinski definition) is 8. The molecule has 2 aliphatic heterocycles. The summed E-state index contributed by atoms with van der Waals surface area (Å²) in [7, 11) is 2.85. The number of carbonyl (C=O) groups is 3. The van der Waals surface area contributed by atoms with E-state index in [0.29, 0.717) is 11.3 Å². The molecule has 1 aromatic rings. The number of para-hydroxylation sites is 1. The summed E-state index contributed by atoms with van der Waals surface area (Å²) in [5.74, 6) is -2.33. The lowest BCUT2D eigenvalue weighted by molar-refractivity contribution is -0.146. The summed E-state index contributed by atoms with van der Waals surface area (Å²) in [4.78, 5) is 40.2. The summed E-state index contributed by atoms with van der Waals surface area (Å²) in [6.45, 7) is 3.18. The van der Waals surface area contributed by atoms with Crippen LogP contribution in [0, 0.1) is 0 Å². The smallest absolute Gasteiger partial charge is 0.339 e. The molecule has 0 aliphatic carbocycles. The van der Waals surface area contributed by atoms with E-state index in [1.54, 1.807) is 43.1 Å². The number of benzene rings is 1. The second-order valence-corrected chi connectivity index (χ2v) is 6.12. The van der Waals surface area contributed by atoms with Crippen LogP contribution >= 0.6 is 0 Å². The molecule has 0 radical (unpaired) electrons. The van der Waals surface area contributed by atoms with E-state index in [4.69, 9.17) is 19.9 Å². The van der Waals surface area contributed by atoms with Gasteiger partial charge in [0.25, 0.3) is 0 Å². The van der Waals surface area contributed by atoms with Crippen LogP contribution in [0.2, 0.25) is 0 Å². The van der Waals surface area contributed by atoms with Crippen LogP contribution in [-0.2, 0) is 34.0 Å². The number of rotatable bonds is 3. The molecule has 1 atom stereocenters. The molecule has 2 aliphatic rings. The largest absolute Gasteiger partial charge is 0.466 e. The highest BCUT2D eigenvalue weighted by atomic mass is 16.6. The molecule has 1 aromatic carbocycles. The summed E-state index contributed by atoms with van der Waals surface area (Å²) in [6.07, 6.45) is 0. The zero-order valence-corrected chi connectivity index (χ0v) is 15.5. The number of carbonyl (C=O) groups excluding carboxylic acids is 3. The number of nitrogens with zero attached hydrogens (tertiary/aromatic N) is 1. The molecule has 0 amide bonds. The zero-order chi connectivity index (χ0) is 19.9. The fraction of sp³-hybridized carbons (Fsp3) is 0.316. The highest BCUT2D eigenvalue weighted by molar-refractivity contribution is 6.16. The second kappa shape index (κ2) is 6.46. The summed E-state index contributed by atoms with van der Waals surface area (Å²) < 4.78 is 15.4. The van der Waals surface area contributed by atoms with E-state index in [9.17, 15) is 14.4 Å². The van der Waals surface area contributed by atoms with Crippen molar-refractivity contribution in [3.05, 3.63) is 52.6 Å². The maximum Gasteiger partial charge on any atom is 0.339 e. The van der Waals surface area contributed by atoms with Crippen molar-refractivity contribution in [2.45, 2.75) is 19.3 Å². The van der Waals surface area contributed by atoms with Crippen LogP contribution in [-0.4, -0.2) is 38.7 Å². The Kier molecular flexibility index (Phi) is 4.43. The van der Waals surface area contributed by atoms with Crippen molar-refractivity contribution >= 4 is 23.6 Å². The summed E-state index contributed by atoms with van der Waals surface area (Å²) in [5.41, 5.74) is 5.13. The van der Waals surface area contributed by atoms with Gasteiger partial charge in [0.15, 0.2) is 5.41 Å². The minimum atomic E-state index is -1.85. The fourth-order valence-corrected chi connectivity index (χ4v) is 3.67. The van der Waals surface area contributed by atoms with Gasteiger partial charge < -0.3 is 24.8 Å². The van der Waals surface area contributed by atoms with E-state index in [1.165, 1.54) is 14.0 Å². The van der Waals surface area contributed by atoms with Gasteiger partial charge in [-0.25, -0.2) is 14.4 Å². The van der Waals surface area contributed by atoms with Gasteiger partial charge in [-0.05, 0) is 19.9 Å². The van der Waals surface area contributed by atoms with Crippen LogP contribution in [0.25, 0.3) is 0 Å². The Morgan fingerprint density at radius 3 is 2.52 bits per heavy atom. The van der Waals surface area contributed by atoms with Gasteiger partial charge in [-0.15, -0.1) is 0 Å². The standard InChI is InChI=1S/C19H20N2O6/c1-5-26-17(23)14-15(20)21(3)12-9-7-6-8-11(12)19(14)13(16(22)25-4)10(2)27-18(19)24/h6-9H,5,20H2,1-4H3/t19-/m1/s1. The Morgan fingerprint density at radius 2 is 1.89 bits per heavy atom. The van der Waals surface area contributed by atoms with Gasteiger partial charge >= 0.3 is 17.9 Å². The molecule has 0 saturated carbocycles. The van der Waals surface area contributed by atoms with Gasteiger partial charge in [-0.3, -0.25) is 0 Å². The Bertz CT molecular complexity index is 917. The number of esters is 3. The van der Waals surface area contributed by atoms with Crippen LogP contribution in [0.15, 0.2) is 47.0 Å². The molecule has 27 heavy (non-hydrogen) atoms. The number of nitrogens with two attached hydrogens (primary N) is 1. The highest BCUT2D eigenvalue weighted by Crippen LogP contribution is 2.53. The van der Waals surface area contributed by atoms with Crippen LogP contribution in [0.5, 0.6) is 0 Å². The number of allylic oxidation sites excluding steroid dienone is 1. The van der Waals surface area contributed by atoms with Gasteiger partial charge in [-0.2, -0.15) is 0 Å². The van der Waals surface area contributed by atoms with Crippen molar-refractivity contribution in [2.75, 3.05) is 25.7 Å². The molecule has 142 valence electrons. The zero-order valence-electron chi connectivity index (χ0n) is 15.5. The SMILES string of the molecule is CCOC(=O)C1=C(N)N(C)c2ccccc2[C@]12C(=O)OC(C)=C2C(=O)OC. The first-order valence-corrected chi connectivity index (χ1v) is 8.34. The molecule has 2 heterocycles. The molecular formula is C19H20N2O6. The first-order valence-electron chi connectivity index (χ1n) is 8.34. The van der Waals surface area contributed by atoms with Crippen molar-refractivity contribution in [3.63, 3.8) is 0 Å². The average molecular weight is 372 g/mol. The van der Waals surface area contributed by atoms with Gasteiger partial charge in [-0.1, -0.05) is 18.2 Å². The average Bonchev–Trinajstić information content (AvgIpc) is 2.90. The number of fused-ring (bicyclic) bond motifs is 2. The lowest BCUT2D eigenvalue weighted by Gasteiger charge is -2.39. The van der Waals surface area contributed by atoms with Crippen molar-refractivity contribution in [1.82, 2.24) is 0 Å². The Morgan fingerprint density at radius 1 is 1.22 bits per heavy atom. The monoisotopic (exact) mass is 372 g/mol. The lowest BCUT2D eigenvalue weighted by atomic mass is 9.66. The van der Waals surface area contributed by atoms with Crippen molar-refractivity contribution in [3.8, 4) is 0 Å². The molecule has 3 rings (SSSR count). The van der Waals surface area contributed by atoms with E-state index in [2.05, 4.69) is 0 Å². The fourth-order valence-electron chi connectivity index (χ4n) is 3.67. The van der Waals surface area contributed by atoms with Crippen molar-refractivity contribution in [1.29, 1.82) is 0 Å². The van der Waals surface area contributed by atoms with E-state index in [0.717, 1.165) is 0 Å². The number of cyclic esters (lactones) is 1. The molecule has 0 unspecified atom stereocenters. The minimum absolute atomic E-state index is 0.000188. The predicted molar refractivity (Wildman–Crippen MR) is 95.2 cm³/mol. The first-order chi connectivity index (χ1) is 12.8. The van der Waals surface area contributed by atoms with Crippen molar-refractivity contribution in [2.24, 2.45) is 5.73 Å². The van der Waals surface area contributed by atoms with Crippen LogP contribution in [0.1, 0.15) is 19.4 Å². The van der Waals surface area contributed by atoms with E-state index in [1.807, 2.05) is 0 Å². The molecule has 0 saturated heterocycles. The second-order valence-electron chi connectivity index (χ2n) is 6.12. The summed E-state index contributed by atoms with van der Waals surface area (Å²) in [5, 5.41) is 0. The molecule has 0 bridgehead atoms. The molecule has 0 fully saturated rings. The van der Waals surface area contributed by atoms with E-state index < -0.39 is 23.3 Å². The molecule has 0 aromatic heterocycles. The summed E-state index contributed by atoms with van der Waals surface area (Å²) in [6, 6.07) is 6.86. The third-order valence-electron chi connectivity index (χ3n) is 4.81. The number of ether oxygens (including phenoxy) is 3. The molecule has 8 nitrogen and oxygen atoms in total. The molecule has 1 spiro atoms. The van der Waals surface area contributed by atoms with Gasteiger partial charge in [0.1, 0.15) is 22.7 Å². The van der Waals surface area contributed by atoms with E-state index in [-0.39, 0.29) is 29.3 Å². The molecular weight excluding hydrogens is 352 g/mol. The van der Waals surface area contributed by atoms with E-state index >= 15 is 0 Å². The van der Waals surface area contributed by atoms with Crippen LogP contribution in [0.4, 0.5) is 5.69 Å². The lowest BCUT2D eigenvalue weighted by Crippen LogP contribution is -2.49. The van der Waals surface area contributed by atoms with Crippen LogP contribution in [0.3, 0.4) is 0 Å². The predicted octanol–water partition coefficient (Wildman–Crippen LogP) is 1.11. The van der Waals surface area contributed by atoms with Gasteiger partial charge in [0, 0.05) is 18.3 Å². The Balaban J connectivity index is 2.46. The molecule has 2 N–H and O–H groups in total. The number of methoxy groups -OCH3 is 1.